The summed E-state index contributed by atoms with van der Waals surface area (Å²) < 4.78 is 3.55. The normalized spacial score (nSPS) is 21.9. The summed E-state index contributed by atoms with van der Waals surface area (Å²) in [6.07, 6.45) is 10.5. The summed E-state index contributed by atoms with van der Waals surface area (Å²) in [6.45, 7) is 0. The van der Waals surface area contributed by atoms with Crippen LogP contribution < -0.4 is 0 Å². The maximum absolute atomic E-state index is 4.78. The highest BCUT2D eigenvalue weighted by molar-refractivity contribution is 9.10. The summed E-state index contributed by atoms with van der Waals surface area (Å²) in [7, 11) is 0. The van der Waals surface area contributed by atoms with E-state index in [1.807, 2.05) is 0 Å². The molecule has 0 atom stereocenters. The van der Waals surface area contributed by atoms with E-state index in [1.54, 1.807) is 0 Å². The van der Waals surface area contributed by atoms with E-state index in [9.17, 15) is 0 Å². The number of rotatable bonds is 1. The third-order valence-electron chi connectivity index (χ3n) is 3.79. The molecule has 2 nitrogen and oxygen atoms in total. The molecule has 1 heterocycles. The fourth-order valence-electron chi connectivity index (χ4n) is 2.94. The van der Waals surface area contributed by atoms with Crippen molar-refractivity contribution in [2.75, 3.05) is 0 Å². The maximum atomic E-state index is 4.78. The fraction of sp³-hybridized carbons (Fsp3) is 0.750. The first kappa shape index (κ1) is 9.88. The molecule has 0 aliphatic heterocycles. The van der Waals surface area contributed by atoms with Crippen molar-refractivity contribution >= 4 is 15.9 Å². The highest BCUT2D eigenvalue weighted by Gasteiger charge is 2.25. The third kappa shape index (κ3) is 1.65. The molecule has 0 aromatic carbocycles. The highest BCUT2D eigenvalue weighted by Crippen LogP contribution is 2.35. The van der Waals surface area contributed by atoms with Crippen LogP contribution in [0.3, 0.4) is 0 Å². The average Bonchev–Trinajstić information content (AvgIpc) is 2.83. The third-order valence-corrected chi connectivity index (χ3v) is 4.63. The Morgan fingerprint density at radius 2 is 1.87 bits per heavy atom. The second-order valence-electron chi connectivity index (χ2n) is 4.81. The molecule has 1 saturated carbocycles. The van der Waals surface area contributed by atoms with E-state index in [0.717, 1.165) is 0 Å². The van der Waals surface area contributed by atoms with Crippen molar-refractivity contribution in [1.82, 2.24) is 9.78 Å². The molecule has 0 saturated heterocycles. The quantitative estimate of drug-likeness (QED) is 0.761. The summed E-state index contributed by atoms with van der Waals surface area (Å²) in [4.78, 5) is 0. The van der Waals surface area contributed by atoms with Crippen LogP contribution in [-0.4, -0.2) is 9.78 Å². The molecule has 0 spiro atoms. The molecule has 0 radical (unpaired) electrons. The van der Waals surface area contributed by atoms with Gasteiger partial charge < -0.3 is 0 Å². The lowest BCUT2D eigenvalue weighted by Gasteiger charge is -2.23. The summed E-state index contributed by atoms with van der Waals surface area (Å²) in [6, 6.07) is 0.665. The molecule has 15 heavy (non-hydrogen) atoms. The Balaban J connectivity index is 1.91. The molecular weight excluding hydrogens is 252 g/mol. The minimum atomic E-state index is 0.665. The van der Waals surface area contributed by atoms with Gasteiger partial charge in [-0.1, -0.05) is 19.3 Å². The number of hydrogen-bond acceptors (Lipinski definition) is 1. The van der Waals surface area contributed by atoms with E-state index in [-0.39, 0.29) is 0 Å². The zero-order valence-electron chi connectivity index (χ0n) is 9.01. The minimum Gasteiger partial charge on any atom is -0.255 e. The topological polar surface area (TPSA) is 17.8 Å². The molecule has 0 amide bonds. The summed E-state index contributed by atoms with van der Waals surface area (Å²) >= 11 is 3.74. The molecule has 1 fully saturated rings. The van der Waals surface area contributed by atoms with E-state index in [0.29, 0.717) is 6.04 Å². The largest absolute Gasteiger partial charge is 0.255 e. The first-order valence-electron chi connectivity index (χ1n) is 6.12. The predicted molar refractivity (Wildman–Crippen MR) is 64.1 cm³/mol. The van der Waals surface area contributed by atoms with Crippen LogP contribution in [0.1, 0.15) is 55.8 Å². The number of aryl methyl sites for hydroxylation is 1. The molecule has 0 unspecified atom stereocenters. The van der Waals surface area contributed by atoms with Gasteiger partial charge in [0.05, 0.1) is 11.7 Å². The zero-order valence-corrected chi connectivity index (χ0v) is 10.6. The molecular formula is C12H17BrN2. The lowest BCUT2D eigenvalue weighted by Crippen LogP contribution is -2.14. The van der Waals surface area contributed by atoms with E-state index in [4.69, 9.17) is 5.10 Å². The van der Waals surface area contributed by atoms with Gasteiger partial charge in [-0.3, -0.25) is 4.68 Å². The second kappa shape index (κ2) is 3.93. The Hall–Kier alpha value is -0.310. The van der Waals surface area contributed by atoms with Crippen LogP contribution in [0.2, 0.25) is 0 Å². The summed E-state index contributed by atoms with van der Waals surface area (Å²) in [5, 5.41) is 4.78. The number of fused-ring (bicyclic) bond motifs is 1. The Labute approximate surface area is 99.2 Å². The van der Waals surface area contributed by atoms with Gasteiger partial charge in [0.2, 0.25) is 0 Å². The standard InChI is InChI=1S/C12H17BrN2/c13-12-10-7-4-8-11(10)14-15(12)9-5-2-1-3-6-9/h9H,1-8H2. The zero-order chi connectivity index (χ0) is 10.3. The first-order chi connectivity index (χ1) is 7.36. The van der Waals surface area contributed by atoms with E-state index < -0.39 is 0 Å². The van der Waals surface area contributed by atoms with Crippen LogP contribution in [0.4, 0.5) is 0 Å². The monoisotopic (exact) mass is 268 g/mol. The predicted octanol–water partition coefficient (Wildman–Crippen LogP) is 3.64. The van der Waals surface area contributed by atoms with E-state index in [2.05, 4.69) is 20.6 Å². The molecule has 3 heteroatoms. The van der Waals surface area contributed by atoms with Crippen LogP contribution in [-0.2, 0) is 12.8 Å². The lowest BCUT2D eigenvalue weighted by molar-refractivity contribution is 0.323. The van der Waals surface area contributed by atoms with Crippen molar-refractivity contribution < 1.29 is 0 Å². The van der Waals surface area contributed by atoms with Gasteiger partial charge >= 0.3 is 0 Å². The number of hydrogen-bond donors (Lipinski definition) is 0. The molecule has 2 aliphatic carbocycles. The summed E-state index contributed by atoms with van der Waals surface area (Å²) in [5.74, 6) is 0. The van der Waals surface area contributed by atoms with Crippen LogP contribution in [0.25, 0.3) is 0 Å². The Morgan fingerprint density at radius 1 is 1.07 bits per heavy atom. The van der Waals surface area contributed by atoms with Gasteiger partial charge in [-0.2, -0.15) is 5.10 Å². The van der Waals surface area contributed by atoms with Crippen molar-refractivity contribution in [2.45, 2.75) is 57.4 Å². The maximum Gasteiger partial charge on any atom is 0.107 e. The van der Waals surface area contributed by atoms with Crippen LogP contribution in [0.15, 0.2) is 4.60 Å². The van der Waals surface area contributed by atoms with Gasteiger partial charge in [0.15, 0.2) is 0 Å². The van der Waals surface area contributed by atoms with E-state index in [1.165, 1.54) is 67.2 Å². The van der Waals surface area contributed by atoms with Crippen molar-refractivity contribution in [3.05, 3.63) is 15.9 Å². The SMILES string of the molecule is Brc1c2c(nn1C1CCCCC1)CCC2. The smallest absolute Gasteiger partial charge is 0.107 e. The molecule has 0 bridgehead atoms. The molecule has 82 valence electrons. The number of halogens is 1. The van der Waals surface area contributed by atoms with Gasteiger partial charge in [0.25, 0.3) is 0 Å². The molecule has 0 N–H and O–H groups in total. The van der Waals surface area contributed by atoms with Gasteiger partial charge in [0, 0.05) is 5.56 Å². The van der Waals surface area contributed by atoms with Crippen LogP contribution in [0, 0.1) is 0 Å². The van der Waals surface area contributed by atoms with Crippen molar-refractivity contribution in [3.63, 3.8) is 0 Å². The van der Waals surface area contributed by atoms with Crippen LogP contribution >= 0.6 is 15.9 Å². The Morgan fingerprint density at radius 3 is 2.60 bits per heavy atom. The molecule has 1 aromatic heterocycles. The second-order valence-corrected chi connectivity index (χ2v) is 5.56. The van der Waals surface area contributed by atoms with E-state index >= 15 is 0 Å². The molecule has 3 rings (SSSR count). The Kier molecular flexibility index (Phi) is 2.59. The first-order valence-corrected chi connectivity index (χ1v) is 6.91. The van der Waals surface area contributed by atoms with Crippen LogP contribution in [0.5, 0.6) is 0 Å². The number of nitrogens with zero attached hydrogens (tertiary/aromatic N) is 2. The molecule has 1 aromatic rings. The lowest BCUT2D eigenvalue weighted by atomic mass is 9.96. The van der Waals surface area contributed by atoms with Gasteiger partial charge in [-0.25, -0.2) is 0 Å². The van der Waals surface area contributed by atoms with Crippen molar-refractivity contribution in [1.29, 1.82) is 0 Å². The van der Waals surface area contributed by atoms with Gasteiger partial charge in [0.1, 0.15) is 4.60 Å². The molecule has 2 aliphatic rings. The fourth-order valence-corrected chi connectivity index (χ4v) is 3.74. The van der Waals surface area contributed by atoms with Gasteiger partial charge in [-0.15, -0.1) is 0 Å². The minimum absolute atomic E-state index is 0.665. The Bertz CT molecular complexity index is 364. The highest BCUT2D eigenvalue weighted by atomic mass is 79.9. The number of aromatic nitrogens is 2. The summed E-state index contributed by atoms with van der Waals surface area (Å²) in [5.41, 5.74) is 2.84. The van der Waals surface area contributed by atoms with Gasteiger partial charge in [-0.05, 0) is 48.0 Å². The van der Waals surface area contributed by atoms with Crippen molar-refractivity contribution in [3.8, 4) is 0 Å². The average molecular weight is 269 g/mol. The van der Waals surface area contributed by atoms with Crippen molar-refractivity contribution in [2.24, 2.45) is 0 Å².